The van der Waals surface area contributed by atoms with Gasteiger partial charge in [-0.1, -0.05) is 28.1 Å². The van der Waals surface area contributed by atoms with Gasteiger partial charge in [0, 0.05) is 31.0 Å². The second-order valence-corrected chi connectivity index (χ2v) is 6.41. The Morgan fingerprint density at radius 3 is 2.68 bits per heavy atom. The maximum atomic E-state index is 12.5. The predicted octanol–water partition coefficient (Wildman–Crippen LogP) is 1.84. The van der Waals surface area contributed by atoms with E-state index in [0.29, 0.717) is 6.42 Å². The quantitative estimate of drug-likeness (QED) is 0.853. The third-order valence-corrected chi connectivity index (χ3v) is 4.25. The number of nitrogens with zero attached hydrogens (tertiary/aromatic N) is 1. The summed E-state index contributed by atoms with van der Waals surface area (Å²) in [6.45, 7) is 4.76. The Bertz CT molecular complexity index is 511. The molecular formula is C16H22BrN3O2. The van der Waals surface area contributed by atoms with Crippen molar-refractivity contribution in [1.82, 2.24) is 15.5 Å². The van der Waals surface area contributed by atoms with E-state index in [1.807, 2.05) is 29.2 Å². The zero-order valence-corrected chi connectivity index (χ0v) is 14.4. The predicted molar refractivity (Wildman–Crippen MR) is 89.4 cm³/mol. The number of hydrogen-bond acceptors (Lipinski definition) is 3. The Labute approximate surface area is 139 Å². The molecule has 1 aliphatic rings. The molecule has 2 amide bonds. The summed E-state index contributed by atoms with van der Waals surface area (Å²) in [6, 6.07) is 7.42. The number of nitrogens with one attached hydrogen (secondary N) is 2. The molecule has 0 saturated carbocycles. The Hall–Kier alpha value is -1.40. The molecule has 2 N–H and O–H groups in total. The SMILES string of the molecule is CC(=O)NC(CC(=O)N1CCCNCC1)c1ccc(Br)cc1. The van der Waals surface area contributed by atoms with Crippen LogP contribution >= 0.6 is 15.9 Å². The van der Waals surface area contributed by atoms with Gasteiger partial charge in [0.05, 0.1) is 12.5 Å². The van der Waals surface area contributed by atoms with Gasteiger partial charge in [0.1, 0.15) is 0 Å². The van der Waals surface area contributed by atoms with Crippen molar-refractivity contribution in [2.24, 2.45) is 0 Å². The summed E-state index contributed by atoms with van der Waals surface area (Å²) < 4.78 is 0.975. The molecule has 1 aromatic rings. The maximum absolute atomic E-state index is 12.5. The third-order valence-electron chi connectivity index (χ3n) is 3.72. The number of carbonyl (C=O) groups excluding carboxylic acids is 2. The largest absolute Gasteiger partial charge is 0.349 e. The zero-order chi connectivity index (χ0) is 15.9. The molecule has 1 unspecified atom stereocenters. The number of halogens is 1. The van der Waals surface area contributed by atoms with Crippen LogP contribution in [0.15, 0.2) is 28.7 Å². The first kappa shape index (κ1) is 17.0. The standard InChI is InChI=1S/C16H22BrN3O2/c1-12(21)19-15(13-3-5-14(17)6-4-13)11-16(22)20-9-2-7-18-8-10-20/h3-6,15,18H,2,7-11H2,1H3,(H,19,21). The Morgan fingerprint density at radius 2 is 2.00 bits per heavy atom. The summed E-state index contributed by atoms with van der Waals surface area (Å²) >= 11 is 3.40. The van der Waals surface area contributed by atoms with Crippen molar-refractivity contribution in [1.29, 1.82) is 0 Å². The maximum Gasteiger partial charge on any atom is 0.225 e. The van der Waals surface area contributed by atoms with Crippen molar-refractivity contribution in [3.63, 3.8) is 0 Å². The van der Waals surface area contributed by atoms with E-state index in [9.17, 15) is 9.59 Å². The Kier molecular flexibility index (Phi) is 6.39. The van der Waals surface area contributed by atoms with Gasteiger partial charge in [-0.05, 0) is 30.7 Å². The highest BCUT2D eigenvalue weighted by atomic mass is 79.9. The average Bonchev–Trinajstić information content (AvgIpc) is 2.76. The minimum Gasteiger partial charge on any atom is -0.349 e. The first-order chi connectivity index (χ1) is 10.6. The molecule has 0 radical (unpaired) electrons. The third kappa shape index (κ3) is 5.10. The van der Waals surface area contributed by atoms with Crippen LogP contribution in [0, 0.1) is 0 Å². The van der Waals surface area contributed by atoms with Crippen LogP contribution in [0.3, 0.4) is 0 Å². The minimum atomic E-state index is -0.283. The van der Waals surface area contributed by atoms with Crippen molar-refractivity contribution in [3.8, 4) is 0 Å². The van der Waals surface area contributed by atoms with Crippen molar-refractivity contribution in [3.05, 3.63) is 34.3 Å². The van der Waals surface area contributed by atoms with E-state index in [-0.39, 0.29) is 17.9 Å². The molecule has 0 spiro atoms. The molecule has 1 atom stereocenters. The molecule has 0 aromatic heterocycles. The van der Waals surface area contributed by atoms with Gasteiger partial charge in [0.2, 0.25) is 11.8 Å². The number of hydrogen-bond donors (Lipinski definition) is 2. The molecule has 0 aliphatic carbocycles. The fourth-order valence-corrected chi connectivity index (χ4v) is 2.86. The molecule has 6 heteroatoms. The monoisotopic (exact) mass is 367 g/mol. The van der Waals surface area contributed by atoms with Crippen LogP contribution in [0.25, 0.3) is 0 Å². The lowest BCUT2D eigenvalue weighted by Gasteiger charge is -2.24. The lowest BCUT2D eigenvalue weighted by Crippen LogP contribution is -2.37. The lowest BCUT2D eigenvalue weighted by atomic mass is 10.0. The van der Waals surface area contributed by atoms with Gasteiger partial charge in [-0.2, -0.15) is 0 Å². The van der Waals surface area contributed by atoms with Crippen LogP contribution in [0.2, 0.25) is 0 Å². The summed E-state index contributed by atoms with van der Waals surface area (Å²) in [5.41, 5.74) is 0.944. The first-order valence-electron chi connectivity index (χ1n) is 7.57. The van der Waals surface area contributed by atoms with Gasteiger partial charge in [-0.15, -0.1) is 0 Å². The molecule has 2 rings (SSSR count). The van der Waals surface area contributed by atoms with Crippen LogP contribution in [0.4, 0.5) is 0 Å². The molecule has 120 valence electrons. The molecular weight excluding hydrogens is 346 g/mol. The van der Waals surface area contributed by atoms with E-state index in [1.165, 1.54) is 6.92 Å². The Morgan fingerprint density at radius 1 is 1.27 bits per heavy atom. The topological polar surface area (TPSA) is 61.4 Å². The highest BCUT2D eigenvalue weighted by Gasteiger charge is 2.21. The fourth-order valence-electron chi connectivity index (χ4n) is 2.59. The zero-order valence-electron chi connectivity index (χ0n) is 12.8. The normalized spacial score (nSPS) is 16.7. The molecule has 1 saturated heterocycles. The lowest BCUT2D eigenvalue weighted by molar-refractivity contribution is -0.131. The van der Waals surface area contributed by atoms with Crippen LogP contribution < -0.4 is 10.6 Å². The molecule has 1 aromatic carbocycles. The fraction of sp³-hybridized carbons (Fsp3) is 0.500. The number of carbonyl (C=O) groups is 2. The summed E-state index contributed by atoms with van der Waals surface area (Å²) in [6.07, 6.45) is 1.26. The smallest absolute Gasteiger partial charge is 0.225 e. The van der Waals surface area contributed by atoms with E-state index in [1.54, 1.807) is 0 Å². The number of amides is 2. The van der Waals surface area contributed by atoms with E-state index < -0.39 is 0 Å². The van der Waals surface area contributed by atoms with Gasteiger partial charge in [-0.3, -0.25) is 9.59 Å². The molecule has 1 fully saturated rings. The van der Waals surface area contributed by atoms with E-state index >= 15 is 0 Å². The van der Waals surface area contributed by atoms with Crippen molar-refractivity contribution >= 4 is 27.7 Å². The van der Waals surface area contributed by atoms with Gasteiger partial charge in [-0.25, -0.2) is 0 Å². The Balaban J connectivity index is 2.06. The molecule has 0 bridgehead atoms. The van der Waals surface area contributed by atoms with E-state index in [0.717, 1.165) is 42.6 Å². The number of rotatable bonds is 4. The highest BCUT2D eigenvalue weighted by molar-refractivity contribution is 9.10. The second-order valence-electron chi connectivity index (χ2n) is 5.49. The molecule has 1 aliphatic heterocycles. The van der Waals surface area contributed by atoms with Crippen molar-refractivity contribution in [2.45, 2.75) is 25.8 Å². The van der Waals surface area contributed by atoms with Crippen LogP contribution in [-0.2, 0) is 9.59 Å². The minimum absolute atomic E-state index is 0.0883. The van der Waals surface area contributed by atoms with Gasteiger partial charge < -0.3 is 15.5 Å². The summed E-state index contributed by atoms with van der Waals surface area (Å²) in [5, 5.41) is 6.17. The van der Waals surface area contributed by atoms with Gasteiger partial charge >= 0.3 is 0 Å². The van der Waals surface area contributed by atoms with E-state index in [4.69, 9.17) is 0 Å². The van der Waals surface area contributed by atoms with Gasteiger partial charge in [0.15, 0.2) is 0 Å². The molecule has 22 heavy (non-hydrogen) atoms. The van der Waals surface area contributed by atoms with Crippen LogP contribution in [-0.4, -0.2) is 42.9 Å². The van der Waals surface area contributed by atoms with Crippen molar-refractivity contribution in [2.75, 3.05) is 26.2 Å². The second kappa shape index (κ2) is 8.29. The summed E-state index contributed by atoms with van der Waals surface area (Å²) in [4.78, 5) is 25.9. The summed E-state index contributed by atoms with van der Waals surface area (Å²) in [5.74, 6) is -0.0383. The van der Waals surface area contributed by atoms with E-state index in [2.05, 4.69) is 26.6 Å². The first-order valence-corrected chi connectivity index (χ1v) is 8.36. The molecule has 5 nitrogen and oxygen atoms in total. The van der Waals surface area contributed by atoms with Gasteiger partial charge in [0.25, 0.3) is 0 Å². The van der Waals surface area contributed by atoms with Crippen LogP contribution in [0.1, 0.15) is 31.4 Å². The molecule has 1 heterocycles. The van der Waals surface area contributed by atoms with Crippen LogP contribution in [0.5, 0.6) is 0 Å². The van der Waals surface area contributed by atoms with Crippen molar-refractivity contribution < 1.29 is 9.59 Å². The number of benzene rings is 1. The summed E-state index contributed by atoms with van der Waals surface area (Å²) in [7, 11) is 0. The highest BCUT2D eigenvalue weighted by Crippen LogP contribution is 2.21. The average molecular weight is 368 g/mol.